The van der Waals surface area contributed by atoms with Crippen LogP contribution < -0.4 is 10.6 Å². The Morgan fingerprint density at radius 2 is 1.97 bits per heavy atom. The van der Waals surface area contributed by atoms with Gasteiger partial charge in [0.2, 0.25) is 5.89 Å². The Labute approximate surface area is 177 Å². The van der Waals surface area contributed by atoms with Crippen LogP contribution in [0.25, 0.3) is 0 Å². The number of rotatable bonds is 11. The van der Waals surface area contributed by atoms with Gasteiger partial charge in [0.1, 0.15) is 5.76 Å². The fourth-order valence-electron chi connectivity index (χ4n) is 3.87. The number of nitrogens with zero attached hydrogens (tertiary/aromatic N) is 3. The summed E-state index contributed by atoms with van der Waals surface area (Å²) in [5, 5.41) is 7.01. The van der Waals surface area contributed by atoms with E-state index in [4.69, 9.17) is 9.41 Å². The van der Waals surface area contributed by atoms with Crippen LogP contribution in [0.1, 0.15) is 76.6 Å². The molecule has 2 N–H and O–H groups in total. The van der Waals surface area contributed by atoms with Crippen LogP contribution in [0.15, 0.2) is 9.41 Å². The highest BCUT2D eigenvalue weighted by atomic mass is 16.4. The van der Waals surface area contributed by atoms with E-state index in [0.717, 1.165) is 62.6 Å². The predicted molar refractivity (Wildman–Crippen MR) is 121 cm³/mol. The van der Waals surface area contributed by atoms with Crippen LogP contribution in [-0.2, 0) is 6.54 Å². The molecule has 1 aliphatic rings. The minimum Gasteiger partial charge on any atom is -0.444 e. The maximum Gasteiger partial charge on any atom is 0.208 e. The molecule has 0 radical (unpaired) electrons. The first-order chi connectivity index (χ1) is 14.0. The molecule has 0 amide bonds. The minimum absolute atomic E-state index is 0.699. The number of likely N-dealkylation sites (tertiary alicyclic amines) is 1. The number of piperidine rings is 1. The van der Waals surface area contributed by atoms with Gasteiger partial charge in [0.05, 0.1) is 12.2 Å². The Balaban J connectivity index is 1.73. The van der Waals surface area contributed by atoms with Gasteiger partial charge in [0, 0.05) is 19.6 Å². The van der Waals surface area contributed by atoms with Crippen molar-refractivity contribution in [1.29, 1.82) is 0 Å². The van der Waals surface area contributed by atoms with Crippen molar-refractivity contribution in [1.82, 2.24) is 20.5 Å². The molecule has 1 atom stereocenters. The van der Waals surface area contributed by atoms with E-state index >= 15 is 0 Å². The molecule has 2 heterocycles. The monoisotopic (exact) mass is 405 g/mol. The van der Waals surface area contributed by atoms with Crippen LogP contribution in [0.2, 0.25) is 0 Å². The molecular weight excluding hydrogens is 362 g/mol. The summed E-state index contributed by atoms with van der Waals surface area (Å²) in [5.41, 5.74) is 1.01. The number of aryl methyl sites for hydroxylation is 2. The minimum atomic E-state index is 0.699. The van der Waals surface area contributed by atoms with Crippen molar-refractivity contribution < 1.29 is 4.42 Å². The van der Waals surface area contributed by atoms with Gasteiger partial charge < -0.3 is 15.1 Å². The maximum atomic E-state index is 5.74. The summed E-state index contributed by atoms with van der Waals surface area (Å²) in [5.74, 6) is 4.18. The topological polar surface area (TPSA) is 65.7 Å². The summed E-state index contributed by atoms with van der Waals surface area (Å²) in [6.07, 6.45) is 7.50. The number of hydrogen-bond acceptors (Lipinski definition) is 4. The third kappa shape index (κ3) is 8.37. The second kappa shape index (κ2) is 12.9. The average molecular weight is 406 g/mol. The molecule has 1 saturated heterocycles. The van der Waals surface area contributed by atoms with Crippen molar-refractivity contribution in [2.75, 3.05) is 32.7 Å². The van der Waals surface area contributed by atoms with Gasteiger partial charge in [-0.25, -0.2) is 4.98 Å². The number of aliphatic imine (C=N–C) groups is 1. The molecule has 29 heavy (non-hydrogen) atoms. The van der Waals surface area contributed by atoms with E-state index in [1.54, 1.807) is 0 Å². The molecule has 2 rings (SSSR count). The number of nitrogens with one attached hydrogen (secondary N) is 2. The molecule has 0 spiro atoms. The van der Waals surface area contributed by atoms with E-state index in [-0.39, 0.29) is 0 Å². The highest BCUT2D eigenvalue weighted by Gasteiger charge is 2.21. The van der Waals surface area contributed by atoms with E-state index in [9.17, 15) is 0 Å². The summed E-state index contributed by atoms with van der Waals surface area (Å²) in [4.78, 5) is 11.8. The van der Waals surface area contributed by atoms with Gasteiger partial charge in [-0.2, -0.15) is 0 Å². The Kier molecular flexibility index (Phi) is 10.5. The summed E-state index contributed by atoms with van der Waals surface area (Å²) < 4.78 is 5.74. The van der Waals surface area contributed by atoms with E-state index < -0.39 is 0 Å². The number of guanidine groups is 1. The van der Waals surface area contributed by atoms with Crippen molar-refractivity contribution >= 4 is 5.96 Å². The number of hydrogen-bond donors (Lipinski definition) is 2. The molecule has 6 heteroatoms. The largest absolute Gasteiger partial charge is 0.444 e. The van der Waals surface area contributed by atoms with E-state index in [0.29, 0.717) is 11.8 Å². The fraction of sp³-hybridized carbons (Fsp3) is 0.826. The Morgan fingerprint density at radius 3 is 2.55 bits per heavy atom. The second-order valence-electron chi connectivity index (χ2n) is 8.49. The van der Waals surface area contributed by atoms with Crippen LogP contribution in [0, 0.1) is 25.7 Å². The van der Waals surface area contributed by atoms with Gasteiger partial charge in [-0.3, -0.25) is 9.89 Å². The molecule has 6 nitrogen and oxygen atoms in total. The lowest BCUT2D eigenvalue weighted by atomic mass is 9.97. The first kappa shape index (κ1) is 23.7. The van der Waals surface area contributed by atoms with Crippen LogP contribution in [0.3, 0.4) is 0 Å². The standard InChI is InChI=1S/C23H43N5O/c1-6-9-10-20(7-2)15-25-23(24-8-3)26-16-21-11-13-28(14-12-21)17-22-27-18(4)19(5)29-22/h20-21H,6-17H2,1-5H3,(H2,24,25,26). The molecule has 0 bridgehead atoms. The van der Waals surface area contributed by atoms with E-state index in [1.165, 1.54) is 38.5 Å². The summed E-state index contributed by atoms with van der Waals surface area (Å²) in [6, 6.07) is 0. The van der Waals surface area contributed by atoms with Crippen molar-refractivity contribution in [2.45, 2.75) is 79.7 Å². The molecule has 1 aromatic rings. The first-order valence-electron chi connectivity index (χ1n) is 11.7. The Hall–Kier alpha value is -1.56. The highest BCUT2D eigenvalue weighted by molar-refractivity contribution is 5.79. The molecule has 0 aliphatic carbocycles. The number of unbranched alkanes of at least 4 members (excludes halogenated alkanes) is 1. The second-order valence-corrected chi connectivity index (χ2v) is 8.49. The fourth-order valence-corrected chi connectivity index (χ4v) is 3.87. The molecule has 1 fully saturated rings. The van der Waals surface area contributed by atoms with Crippen LogP contribution in [0.5, 0.6) is 0 Å². The lowest BCUT2D eigenvalue weighted by Crippen LogP contribution is -2.43. The number of oxazole rings is 1. The SMILES string of the molecule is CCCCC(CC)CN=C(NCC)NCC1CCN(Cc2nc(C)c(C)o2)CC1. The van der Waals surface area contributed by atoms with E-state index in [1.807, 2.05) is 13.8 Å². The third-order valence-electron chi connectivity index (χ3n) is 6.09. The third-order valence-corrected chi connectivity index (χ3v) is 6.09. The van der Waals surface area contributed by atoms with Crippen molar-refractivity contribution in [3.05, 3.63) is 17.3 Å². The van der Waals surface area contributed by atoms with Crippen molar-refractivity contribution in [3.63, 3.8) is 0 Å². The number of aromatic nitrogens is 1. The molecule has 166 valence electrons. The van der Waals surface area contributed by atoms with Crippen molar-refractivity contribution in [2.24, 2.45) is 16.8 Å². The lowest BCUT2D eigenvalue weighted by molar-refractivity contribution is 0.164. The normalized spacial score (nSPS) is 17.5. The van der Waals surface area contributed by atoms with E-state index in [2.05, 4.69) is 41.3 Å². The summed E-state index contributed by atoms with van der Waals surface area (Å²) in [6.45, 7) is 16.6. The predicted octanol–water partition coefficient (Wildman–Crippen LogP) is 4.27. The maximum absolute atomic E-state index is 5.74. The summed E-state index contributed by atoms with van der Waals surface area (Å²) >= 11 is 0. The molecule has 1 aromatic heterocycles. The van der Waals surface area contributed by atoms with Crippen LogP contribution >= 0.6 is 0 Å². The van der Waals surface area contributed by atoms with Gasteiger partial charge in [0.15, 0.2) is 5.96 Å². The quantitative estimate of drug-likeness (QED) is 0.425. The van der Waals surface area contributed by atoms with Crippen LogP contribution in [-0.4, -0.2) is 48.6 Å². The summed E-state index contributed by atoms with van der Waals surface area (Å²) in [7, 11) is 0. The first-order valence-corrected chi connectivity index (χ1v) is 11.7. The Morgan fingerprint density at radius 1 is 1.21 bits per heavy atom. The van der Waals surface area contributed by atoms with Gasteiger partial charge in [-0.15, -0.1) is 0 Å². The average Bonchev–Trinajstić information content (AvgIpc) is 3.04. The van der Waals surface area contributed by atoms with Crippen LogP contribution in [0.4, 0.5) is 0 Å². The molecule has 0 saturated carbocycles. The molecule has 1 aliphatic heterocycles. The van der Waals surface area contributed by atoms with Gasteiger partial charge in [0.25, 0.3) is 0 Å². The highest BCUT2D eigenvalue weighted by Crippen LogP contribution is 2.19. The van der Waals surface area contributed by atoms with Gasteiger partial charge in [-0.05, 0) is 65.0 Å². The van der Waals surface area contributed by atoms with Gasteiger partial charge in [-0.1, -0.05) is 33.1 Å². The molecule has 1 unspecified atom stereocenters. The van der Waals surface area contributed by atoms with Crippen molar-refractivity contribution in [3.8, 4) is 0 Å². The van der Waals surface area contributed by atoms with Gasteiger partial charge >= 0.3 is 0 Å². The lowest BCUT2D eigenvalue weighted by Gasteiger charge is -2.31. The zero-order valence-corrected chi connectivity index (χ0v) is 19.4. The zero-order valence-electron chi connectivity index (χ0n) is 19.4. The zero-order chi connectivity index (χ0) is 21.1. The molecule has 0 aromatic carbocycles. The molecular formula is C23H43N5O. The smallest absolute Gasteiger partial charge is 0.208 e. The Bertz CT molecular complexity index is 585.